The first-order valence-electron chi connectivity index (χ1n) is 9.62. The number of amides is 2. The molecule has 5 heteroatoms. The molecule has 2 aromatic carbocycles. The number of nitrogens with one attached hydrogen (secondary N) is 2. The Labute approximate surface area is 160 Å². The molecule has 0 aromatic heterocycles. The van der Waals surface area contributed by atoms with E-state index in [4.69, 9.17) is 4.74 Å². The molecule has 0 aliphatic heterocycles. The quantitative estimate of drug-likeness (QED) is 0.578. The van der Waals surface area contributed by atoms with Crippen LogP contribution in [0.3, 0.4) is 0 Å². The molecule has 0 bridgehead atoms. The van der Waals surface area contributed by atoms with Crippen LogP contribution in [0.2, 0.25) is 0 Å². The van der Waals surface area contributed by atoms with E-state index in [1.54, 1.807) is 12.1 Å². The van der Waals surface area contributed by atoms with Crippen molar-refractivity contribution in [2.75, 3.05) is 5.32 Å². The maximum Gasteiger partial charge on any atom is 0.233 e. The van der Waals surface area contributed by atoms with E-state index in [0.717, 1.165) is 25.7 Å². The molecular weight excluding hydrogens is 340 g/mol. The predicted octanol–water partition coefficient (Wildman–Crippen LogP) is 4.65. The first-order chi connectivity index (χ1) is 13.2. The van der Waals surface area contributed by atoms with Crippen LogP contribution in [0.4, 0.5) is 5.69 Å². The minimum absolute atomic E-state index is 0.184. The summed E-state index contributed by atoms with van der Waals surface area (Å²) >= 11 is 0. The van der Waals surface area contributed by atoms with E-state index in [9.17, 15) is 9.59 Å². The molecular formula is C22H26N2O3. The molecule has 0 saturated heterocycles. The van der Waals surface area contributed by atoms with Gasteiger partial charge in [0, 0.05) is 6.04 Å². The van der Waals surface area contributed by atoms with Crippen molar-refractivity contribution < 1.29 is 14.3 Å². The second-order valence-corrected chi connectivity index (χ2v) is 6.89. The fourth-order valence-electron chi connectivity index (χ4n) is 3.32. The Morgan fingerprint density at radius 1 is 0.852 bits per heavy atom. The van der Waals surface area contributed by atoms with Gasteiger partial charge in [0.2, 0.25) is 11.8 Å². The van der Waals surface area contributed by atoms with Gasteiger partial charge in [-0.3, -0.25) is 9.59 Å². The Bertz CT molecular complexity index is 753. The van der Waals surface area contributed by atoms with Crippen LogP contribution >= 0.6 is 0 Å². The van der Waals surface area contributed by atoms with Crippen molar-refractivity contribution >= 4 is 17.5 Å². The lowest BCUT2D eigenvalue weighted by molar-refractivity contribution is -0.127. The van der Waals surface area contributed by atoms with Gasteiger partial charge in [-0.05, 0) is 37.1 Å². The zero-order valence-electron chi connectivity index (χ0n) is 15.4. The fourth-order valence-corrected chi connectivity index (χ4v) is 3.32. The van der Waals surface area contributed by atoms with Crippen LogP contribution in [0, 0.1) is 0 Å². The van der Waals surface area contributed by atoms with Crippen molar-refractivity contribution in [2.24, 2.45) is 0 Å². The first kappa shape index (κ1) is 19.0. The van der Waals surface area contributed by atoms with Gasteiger partial charge in [0.25, 0.3) is 0 Å². The van der Waals surface area contributed by atoms with E-state index >= 15 is 0 Å². The summed E-state index contributed by atoms with van der Waals surface area (Å²) in [7, 11) is 0. The van der Waals surface area contributed by atoms with Gasteiger partial charge in [0.05, 0.1) is 5.69 Å². The molecule has 142 valence electrons. The third-order valence-corrected chi connectivity index (χ3v) is 4.67. The van der Waals surface area contributed by atoms with E-state index in [0.29, 0.717) is 17.2 Å². The predicted molar refractivity (Wildman–Crippen MR) is 106 cm³/mol. The summed E-state index contributed by atoms with van der Waals surface area (Å²) in [5, 5.41) is 5.79. The van der Waals surface area contributed by atoms with Gasteiger partial charge in [-0.2, -0.15) is 0 Å². The highest BCUT2D eigenvalue weighted by atomic mass is 16.5. The molecule has 2 aromatic rings. The topological polar surface area (TPSA) is 67.4 Å². The number of hydrogen-bond donors (Lipinski definition) is 2. The Kier molecular flexibility index (Phi) is 6.85. The van der Waals surface area contributed by atoms with Gasteiger partial charge in [0.15, 0.2) is 5.75 Å². The van der Waals surface area contributed by atoms with Gasteiger partial charge in [0.1, 0.15) is 12.2 Å². The Morgan fingerprint density at radius 2 is 1.52 bits per heavy atom. The Hall–Kier alpha value is -2.82. The molecule has 5 nitrogen and oxygen atoms in total. The van der Waals surface area contributed by atoms with Gasteiger partial charge < -0.3 is 15.4 Å². The summed E-state index contributed by atoms with van der Waals surface area (Å²) in [6.45, 7) is 0. The van der Waals surface area contributed by atoms with Crippen LogP contribution in [-0.2, 0) is 9.59 Å². The molecule has 2 N–H and O–H groups in total. The average molecular weight is 366 g/mol. The van der Waals surface area contributed by atoms with Crippen LogP contribution < -0.4 is 15.4 Å². The van der Waals surface area contributed by atoms with Gasteiger partial charge in [-0.1, -0.05) is 56.0 Å². The van der Waals surface area contributed by atoms with Crippen LogP contribution in [0.25, 0.3) is 0 Å². The summed E-state index contributed by atoms with van der Waals surface area (Å²) in [5.74, 6) is 0.664. The van der Waals surface area contributed by atoms with Crippen LogP contribution in [-0.4, -0.2) is 17.9 Å². The van der Waals surface area contributed by atoms with Crippen molar-refractivity contribution in [2.45, 2.75) is 51.0 Å². The molecule has 1 aliphatic carbocycles. The van der Waals surface area contributed by atoms with E-state index in [1.165, 1.54) is 12.8 Å². The highest BCUT2D eigenvalue weighted by Crippen LogP contribution is 2.29. The van der Waals surface area contributed by atoms with Gasteiger partial charge >= 0.3 is 0 Å². The number of rotatable bonds is 6. The maximum absolute atomic E-state index is 12.3. The molecule has 0 unspecified atom stereocenters. The van der Waals surface area contributed by atoms with E-state index in [2.05, 4.69) is 10.6 Å². The van der Waals surface area contributed by atoms with Crippen LogP contribution in [0.1, 0.15) is 44.9 Å². The number of anilines is 1. The summed E-state index contributed by atoms with van der Waals surface area (Å²) < 4.78 is 5.84. The summed E-state index contributed by atoms with van der Waals surface area (Å²) in [5.41, 5.74) is 0.550. The van der Waals surface area contributed by atoms with Crippen LogP contribution in [0.5, 0.6) is 11.5 Å². The van der Waals surface area contributed by atoms with Crippen molar-refractivity contribution in [1.82, 2.24) is 5.32 Å². The van der Waals surface area contributed by atoms with E-state index in [1.807, 2.05) is 42.5 Å². The normalized spacial score (nSPS) is 14.8. The highest BCUT2D eigenvalue weighted by molar-refractivity contribution is 6.04. The third-order valence-electron chi connectivity index (χ3n) is 4.67. The molecule has 0 radical (unpaired) electrons. The number of carbonyl (C=O) groups is 2. The lowest BCUT2D eigenvalue weighted by Gasteiger charge is -2.16. The van der Waals surface area contributed by atoms with Crippen LogP contribution in [0.15, 0.2) is 54.6 Å². The third kappa shape index (κ3) is 6.13. The van der Waals surface area contributed by atoms with Crippen molar-refractivity contribution in [3.8, 4) is 11.5 Å². The van der Waals surface area contributed by atoms with Gasteiger partial charge in [-0.25, -0.2) is 0 Å². The summed E-state index contributed by atoms with van der Waals surface area (Å²) in [4.78, 5) is 24.5. The van der Waals surface area contributed by atoms with E-state index in [-0.39, 0.29) is 24.3 Å². The highest BCUT2D eigenvalue weighted by Gasteiger charge is 2.17. The molecule has 2 amide bonds. The number of carbonyl (C=O) groups excluding carboxylic acids is 2. The first-order valence-corrected chi connectivity index (χ1v) is 9.62. The average Bonchev–Trinajstić information content (AvgIpc) is 2.92. The zero-order chi connectivity index (χ0) is 18.9. The van der Waals surface area contributed by atoms with E-state index < -0.39 is 0 Å². The molecule has 0 heterocycles. The zero-order valence-corrected chi connectivity index (χ0v) is 15.4. The monoisotopic (exact) mass is 366 g/mol. The molecule has 0 atom stereocenters. The lowest BCUT2D eigenvalue weighted by Crippen LogP contribution is -2.36. The number of para-hydroxylation sites is 3. The molecule has 0 spiro atoms. The standard InChI is InChI=1S/C22H26N2O3/c25-21(23-17-10-4-1-2-5-11-17)16-22(26)24-19-14-8-9-15-20(19)27-18-12-6-3-7-13-18/h3,6-9,12-15,17H,1-2,4-5,10-11,16H2,(H,23,25)(H,24,26). The molecule has 27 heavy (non-hydrogen) atoms. The molecule has 1 saturated carbocycles. The number of benzene rings is 2. The largest absolute Gasteiger partial charge is 0.455 e. The Morgan fingerprint density at radius 3 is 2.26 bits per heavy atom. The second-order valence-electron chi connectivity index (χ2n) is 6.89. The minimum Gasteiger partial charge on any atom is -0.455 e. The van der Waals surface area contributed by atoms with Gasteiger partial charge in [-0.15, -0.1) is 0 Å². The minimum atomic E-state index is -0.342. The summed E-state index contributed by atoms with van der Waals surface area (Å²) in [6.07, 6.45) is 6.55. The smallest absolute Gasteiger partial charge is 0.233 e. The number of ether oxygens (including phenoxy) is 1. The van der Waals surface area contributed by atoms with Crippen molar-refractivity contribution in [3.05, 3.63) is 54.6 Å². The molecule has 3 rings (SSSR count). The SMILES string of the molecule is O=C(CC(=O)NC1CCCCCC1)Nc1ccccc1Oc1ccccc1. The summed E-state index contributed by atoms with van der Waals surface area (Å²) in [6, 6.07) is 16.8. The fraction of sp³-hybridized carbons (Fsp3) is 0.364. The Balaban J connectivity index is 1.55. The lowest BCUT2D eigenvalue weighted by atomic mass is 10.1. The molecule has 1 aliphatic rings. The number of hydrogen-bond acceptors (Lipinski definition) is 3. The molecule has 1 fully saturated rings. The van der Waals surface area contributed by atoms with Crippen molar-refractivity contribution in [3.63, 3.8) is 0 Å². The van der Waals surface area contributed by atoms with Crippen molar-refractivity contribution in [1.29, 1.82) is 0 Å². The maximum atomic E-state index is 12.3. The second kappa shape index (κ2) is 9.76.